The normalized spacial score (nSPS) is 10.4. The van der Waals surface area contributed by atoms with E-state index in [0.29, 0.717) is 5.02 Å². The second-order valence-corrected chi connectivity index (χ2v) is 6.65. The molecule has 0 radical (unpaired) electrons. The molecule has 0 aliphatic carbocycles. The SMILES string of the molecule is CC(=O)Oc1ccccc1C(=O)OCCOC(=O)C(C)C.Clc1cc2ccc1o2. The average Bonchev–Trinajstić information content (AvgIpc) is 3.27. The fourth-order valence-electron chi connectivity index (χ4n) is 2.15. The first-order valence-electron chi connectivity index (χ1n) is 8.86. The number of halogens is 1. The van der Waals surface area contributed by atoms with Crippen LogP contribution in [-0.2, 0) is 19.1 Å². The van der Waals surface area contributed by atoms with Crippen molar-refractivity contribution in [3.05, 3.63) is 53.1 Å². The first kappa shape index (κ1) is 22.2. The van der Waals surface area contributed by atoms with Gasteiger partial charge in [0.25, 0.3) is 0 Å². The summed E-state index contributed by atoms with van der Waals surface area (Å²) in [6.45, 7) is 4.59. The molecule has 0 saturated carbocycles. The maximum atomic E-state index is 11.9. The van der Waals surface area contributed by atoms with Crippen LogP contribution in [0.15, 0.2) is 46.9 Å². The lowest BCUT2D eigenvalue weighted by atomic mass is 10.2. The Bertz CT molecular complexity index is 961. The van der Waals surface area contributed by atoms with Gasteiger partial charge in [-0.2, -0.15) is 0 Å². The second-order valence-electron chi connectivity index (χ2n) is 6.24. The van der Waals surface area contributed by atoms with Crippen LogP contribution in [-0.4, -0.2) is 31.1 Å². The molecule has 3 aromatic rings. The maximum Gasteiger partial charge on any atom is 0.342 e. The molecule has 2 bridgehead atoms. The zero-order chi connectivity index (χ0) is 21.4. The van der Waals surface area contributed by atoms with Crippen molar-refractivity contribution in [3.63, 3.8) is 0 Å². The predicted molar refractivity (Wildman–Crippen MR) is 106 cm³/mol. The Hall–Kier alpha value is -3.06. The molecule has 2 aromatic heterocycles. The number of carbonyl (C=O) groups excluding carboxylic acids is 3. The van der Waals surface area contributed by atoms with Crippen molar-refractivity contribution in [2.75, 3.05) is 13.2 Å². The molecule has 0 atom stereocenters. The molecule has 0 unspecified atom stereocenters. The van der Waals surface area contributed by atoms with Gasteiger partial charge < -0.3 is 18.6 Å². The molecule has 0 fully saturated rings. The van der Waals surface area contributed by atoms with Gasteiger partial charge in [0.2, 0.25) is 0 Å². The van der Waals surface area contributed by atoms with Crippen molar-refractivity contribution in [2.24, 2.45) is 5.92 Å². The lowest BCUT2D eigenvalue weighted by Crippen LogP contribution is -2.17. The monoisotopic (exact) mass is 420 g/mol. The number of hydrogen-bond donors (Lipinski definition) is 0. The van der Waals surface area contributed by atoms with Crippen molar-refractivity contribution >= 4 is 40.7 Å². The Morgan fingerprint density at radius 1 is 1.03 bits per heavy atom. The van der Waals surface area contributed by atoms with Crippen molar-refractivity contribution in [2.45, 2.75) is 20.8 Å². The number of hydrogen-bond acceptors (Lipinski definition) is 7. The van der Waals surface area contributed by atoms with Gasteiger partial charge in [-0.05, 0) is 24.3 Å². The summed E-state index contributed by atoms with van der Waals surface area (Å²) in [7, 11) is 0. The van der Waals surface area contributed by atoms with E-state index in [9.17, 15) is 14.4 Å². The maximum absolute atomic E-state index is 11.9. The summed E-state index contributed by atoms with van der Waals surface area (Å²) in [5.41, 5.74) is 1.77. The first-order valence-corrected chi connectivity index (χ1v) is 9.24. The molecule has 0 saturated heterocycles. The average molecular weight is 421 g/mol. The van der Waals surface area contributed by atoms with E-state index in [1.165, 1.54) is 19.1 Å². The molecule has 29 heavy (non-hydrogen) atoms. The van der Waals surface area contributed by atoms with Crippen LogP contribution in [0.25, 0.3) is 11.2 Å². The molecule has 154 valence electrons. The van der Waals surface area contributed by atoms with Gasteiger partial charge in [-0.3, -0.25) is 9.59 Å². The lowest BCUT2D eigenvalue weighted by Gasteiger charge is -2.10. The van der Waals surface area contributed by atoms with Crippen LogP contribution in [0, 0.1) is 5.92 Å². The third-order valence-electron chi connectivity index (χ3n) is 3.52. The summed E-state index contributed by atoms with van der Waals surface area (Å²) in [5, 5.41) is 0.711. The topological polar surface area (TPSA) is 92.0 Å². The predicted octanol–water partition coefficient (Wildman–Crippen LogP) is 4.49. The fourth-order valence-corrected chi connectivity index (χ4v) is 2.36. The van der Waals surface area contributed by atoms with Crippen molar-refractivity contribution in [1.82, 2.24) is 0 Å². The number of furan rings is 2. The molecule has 7 nitrogen and oxygen atoms in total. The van der Waals surface area contributed by atoms with Gasteiger partial charge >= 0.3 is 17.9 Å². The molecule has 2 heterocycles. The van der Waals surface area contributed by atoms with Gasteiger partial charge in [-0.25, -0.2) is 4.79 Å². The third-order valence-corrected chi connectivity index (χ3v) is 3.82. The Balaban J connectivity index is 0.000000305. The standard InChI is InChI=1S/C15H18O6.C6H3ClO/c1-10(2)14(17)19-8-9-20-15(18)12-6-4-5-7-13(12)21-11(3)16;7-5-3-4-1-2-6(5)8-4/h4-7,10H,8-9H2,1-3H3;1-3H. The summed E-state index contributed by atoms with van der Waals surface area (Å²) in [6, 6.07) is 11.8. The Kier molecular flexibility index (Phi) is 8.03. The van der Waals surface area contributed by atoms with Crippen LogP contribution in [0.4, 0.5) is 0 Å². The molecule has 0 N–H and O–H groups in total. The minimum absolute atomic E-state index is 0.0154. The summed E-state index contributed by atoms with van der Waals surface area (Å²) in [5.74, 6) is -1.63. The highest BCUT2D eigenvalue weighted by molar-refractivity contribution is 6.34. The summed E-state index contributed by atoms with van der Waals surface area (Å²) in [4.78, 5) is 34.0. The van der Waals surface area contributed by atoms with Gasteiger partial charge in [0.15, 0.2) is 0 Å². The molecule has 1 aromatic carbocycles. The van der Waals surface area contributed by atoms with E-state index in [1.54, 1.807) is 32.0 Å². The number of benzene rings is 2. The second kappa shape index (κ2) is 10.5. The molecule has 3 rings (SSSR count). The first-order chi connectivity index (χ1) is 13.8. The molecular formula is C21H21ClO7. The molecule has 0 aliphatic heterocycles. The van der Waals surface area contributed by atoms with Crippen LogP contribution in [0.2, 0.25) is 5.02 Å². The Morgan fingerprint density at radius 3 is 2.24 bits per heavy atom. The summed E-state index contributed by atoms with van der Waals surface area (Å²) >= 11 is 5.64. The third kappa shape index (κ3) is 6.80. The van der Waals surface area contributed by atoms with E-state index in [1.807, 2.05) is 12.1 Å². The smallest absolute Gasteiger partial charge is 0.342 e. The minimum Gasteiger partial charge on any atom is -0.462 e. The van der Waals surface area contributed by atoms with Gasteiger partial charge in [-0.1, -0.05) is 37.6 Å². The molecular weight excluding hydrogens is 400 g/mol. The Morgan fingerprint density at radius 2 is 1.72 bits per heavy atom. The molecule has 0 aliphatic rings. The van der Waals surface area contributed by atoms with Gasteiger partial charge in [0, 0.05) is 13.0 Å². The van der Waals surface area contributed by atoms with Gasteiger partial charge in [0.1, 0.15) is 35.7 Å². The Labute approximate surface area is 172 Å². The summed E-state index contributed by atoms with van der Waals surface area (Å²) in [6.07, 6.45) is 0. The summed E-state index contributed by atoms with van der Waals surface area (Å²) < 4.78 is 19.9. The number of carbonyl (C=O) groups is 3. The van der Waals surface area contributed by atoms with E-state index in [-0.39, 0.29) is 36.4 Å². The van der Waals surface area contributed by atoms with E-state index >= 15 is 0 Å². The van der Waals surface area contributed by atoms with E-state index in [2.05, 4.69) is 0 Å². The number of para-hydroxylation sites is 1. The van der Waals surface area contributed by atoms with Gasteiger partial charge in [-0.15, -0.1) is 0 Å². The molecule has 0 amide bonds. The quantitative estimate of drug-likeness (QED) is 0.329. The fraction of sp³-hybridized carbons (Fsp3) is 0.286. The highest BCUT2D eigenvalue weighted by Crippen LogP contribution is 2.25. The highest BCUT2D eigenvalue weighted by Gasteiger charge is 2.15. The van der Waals surface area contributed by atoms with Crippen LogP contribution < -0.4 is 4.74 Å². The highest BCUT2D eigenvalue weighted by atomic mass is 35.5. The van der Waals surface area contributed by atoms with Crippen molar-refractivity contribution in [3.8, 4) is 5.75 Å². The van der Waals surface area contributed by atoms with Crippen LogP contribution in [0.1, 0.15) is 31.1 Å². The number of ether oxygens (including phenoxy) is 3. The molecule has 0 spiro atoms. The number of esters is 3. The molecule has 8 heteroatoms. The van der Waals surface area contributed by atoms with Crippen LogP contribution in [0.5, 0.6) is 5.75 Å². The number of fused-ring (bicyclic) bond motifs is 2. The zero-order valence-electron chi connectivity index (χ0n) is 16.3. The largest absolute Gasteiger partial charge is 0.462 e. The van der Waals surface area contributed by atoms with E-state index < -0.39 is 11.9 Å². The van der Waals surface area contributed by atoms with Crippen molar-refractivity contribution in [1.29, 1.82) is 0 Å². The number of rotatable bonds is 6. The van der Waals surface area contributed by atoms with Crippen molar-refractivity contribution < 1.29 is 33.0 Å². The zero-order valence-corrected chi connectivity index (χ0v) is 17.0. The van der Waals surface area contributed by atoms with E-state index in [0.717, 1.165) is 11.2 Å². The van der Waals surface area contributed by atoms with Gasteiger partial charge in [0.05, 0.1) is 10.9 Å². The van der Waals surface area contributed by atoms with Crippen LogP contribution >= 0.6 is 11.6 Å². The minimum atomic E-state index is -0.646. The van der Waals surface area contributed by atoms with Crippen LogP contribution in [0.3, 0.4) is 0 Å². The van der Waals surface area contributed by atoms with E-state index in [4.69, 9.17) is 30.2 Å². The lowest BCUT2D eigenvalue weighted by molar-refractivity contribution is -0.148.